The Bertz CT molecular complexity index is 156. The van der Waals surface area contributed by atoms with Crippen molar-refractivity contribution in [2.45, 2.75) is 56.7 Å². The molecule has 1 unspecified atom stereocenters. The van der Waals surface area contributed by atoms with Crippen LogP contribution in [-0.2, 0) is 0 Å². The molecule has 0 aromatic carbocycles. The summed E-state index contributed by atoms with van der Waals surface area (Å²) in [5, 5.41) is 3.81. The standard InChI is InChI=1S/C12H23NS/c1-11-9-13-12(14-10-11)7-5-3-2-4-6-8-12/h11,13H,2-10H2,1H3. The maximum atomic E-state index is 3.81. The van der Waals surface area contributed by atoms with Crippen molar-refractivity contribution in [2.75, 3.05) is 12.3 Å². The highest BCUT2D eigenvalue weighted by atomic mass is 32.2. The molecule has 2 aliphatic rings. The second-order valence-corrected chi connectivity index (χ2v) is 6.46. The third-order valence-corrected chi connectivity index (χ3v) is 5.42. The zero-order valence-electron chi connectivity index (χ0n) is 9.35. The summed E-state index contributed by atoms with van der Waals surface area (Å²) >= 11 is 2.21. The van der Waals surface area contributed by atoms with Crippen LogP contribution in [0.5, 0.6) is 0 Å². The summed E-state index contributed by atoms with van der Waals surface area (Å²) in [6, 6.07) is 0. The Morgan fingerprint density at radius 1 is 1.07 bits per heavy atom. The van der Waals surface area contributed by atoms with E-state index in [1.165, 1.54) is 57.2 Å². The molecule has 1 saturated carbocycles. The molecule has 82 valence electrons. The van der Waals surface area contributed by atoms with Crippen LogP contribution in [0.4, 0.5) is 0 Å². The van der Waals surface area contributed by atoms with E-state index in [4.69, 9.17) is 0 Å². The molecule has 2 fully saturated rings. The highest BCUT2D eigenvalue weighted by molar-refractivity contribution is 8.00. The summed E-state index contributed by atoms with van der Waals surface area (Å²) in [5.41, 5.74) is 0. The molecule has 1 nitrogen and oxygen atoms in total. The fraction of sp³-hybridized carbons (Fsp3) is 1.00. The van der Waals surface area contributed by atoms with E-state index in [0.717, 1.165) is 5.92 Å². The lowest BCUT2D eigenvalue weighted by Crippen LogP contribution is -2.49. The van der Waals surface area contributed by atoms with Crippen molar-refractivity contribution in [1.29, 1.82) is 0 Å². The fourth-order valence-electron chi connectivity index (χ4n) is 2.57. The summed E-state index contributed by atoms with van der Waals surface area (Å²) in [4.78, 5) is 0.479. The Morgan fingerprint density at radius 3 is 2.29 bits per heavy atom. The van der Waals surface area contributed by atoms with Crippen molar-refractivity contribution in [3.63, 3.8) is 0 Å². The van der Waals surface area contributed by atoms with Gasteiger partial charge in [-0.25, -0.2) is 0 Å². The van der Waals surface area contributed by atoms with Crippen LogP contribution >= 0.6 is 11.8 Å². The molecule has 0 amide bonds. The zero-order valence-corrected chi connectivity index (χ0v) is 10.2. The van der Waals surface area contributed by atoms with Crippen molar-refractivity contribution in [2.24, 2.45) is 5.92 Å². The first-order valence-electron chi connectivity index (χ1n) is 6.20. The molecule has 1 aliphatic heterocycles. The quantitative estimate of drug-likeness (QED) is 0.662. The summed E-state index contributed by atoms with van der Waals surface area (Å²) < 4.78 is 0. The second-order valence-electron chi connectivity index (χ2n) is 5.06. The second kappa shape index (κ2) is 4.89. The Kier molecular flexibility index (Phi) is 3.78. The minimum absolute atomic E-state index is 0.479. The molecule has 14 heavy (non-hydrogen) atoms. The third kappa shape index (κ3) is 2.66. The first-order valence-corrected chi connectivity index (χ1v) is 7.18. The van der Waals surface area contributed by atoms with Gasteiger partial charge in [0.25, 0.3) is 0 Å². The van der Waals surface area contributed by atoms with Gasteiger partial charge in [-0.3, -0.25) is 0 Å². The number of hydrogen-bond acceptors (Lipinski definition) is 2. The SMILES string of the molecule is CC1CNC2(CCCCCCC2)SC1. The molecule has 1 saturated heterocycles. The van der Waals surface area contributed by atoms with Gasteiger partial charge in [0.15, 0.2) is 0 Å². The minimum Gasteiger partial charge on any atom is -0.303 e. The lowest BCUT2D eigenvalue weighted by atomic mass is 9.95. The van der Waals surface area contributed by atoms with E-state index in [9.17, 15) is 0 Å². The average molecular weight is 213 g/mol. The van der Waals surface area contributed by atoms with E-state index in [1.807, 2.05) is 0 Å². The predicted octanol–water partition coefficient (Wildman–Crippen LogP) is 3.40. The van der Waals surface area contributed by atoms with Gasteiger partial charge in [-0.1, -0.05) is 39.0 Å². The van der Waals surface area contributed by atoms with E-state index in [0.29, 0.717) is 4.87 Å². The van der Waals surface area contributed by atoms with E-state index < -0.39 is 0 Å². The largest absolute Gasteiger partial charge is 0.303 e. The molecule has 1 N–H and O–H groups in total. The van der Waals surface area contributed by atoms with Gasteiger partial charge in [-0.05, 0) is 31.1 Å². The van der Waals surface area contributed by atoms with Crippen LogP contribution in [0.3, 0.4) is 0 Å². The van der Waals surface area contributed by atoms with Crippen molar-refractivity contribution in [3.8, 4) is 0 Å². The zero-order chi connectivity index (χ0) is 9.86. The third-order valence-electron chi connectivity index (χ3n) is 3.58. The van der Waals surface area contributed by atoms with Crippen LogP contribution < -0.4 is 5.32 Å². The van der Waals surface area contributed by atoms with Gasteiger partial charge in [-0.15, -0.1) is 11.8 Å². The van der Waals surface area contributed by atoms with Crippen LogP contribution in [0.1, 0.15) is 51.9 Å². The number of nitrogens with one attached hydrogen (secondary N) is 1. The molecule has 1 spiro atoms. The lowest BCUT2D eigenvalue weighted by molar-refractivity contribution is 0.329. The monoisotopic (exact) mass is 213 g/mol. The smallest absolute Gasteiger partial charge is 0.0645 e. The van der Waals surface area contributed by atoms with E-state index >= 15 is 0 Å². The Hall–Kier alpha value is 0.310. The molecule has 2 heteroatoms. The van der Waals surface area contributed by atoms with Crippen LogP contribution in [0.25, 0.3) is 0 Å². The van der Waals surface area contributed by atoms with Gasteiger partial charge in [0.1, 0.15) is 0 Å². The van der Waals surface area contributed by atoms with Gasteiger partial charge in [0.05, 0.1) is 4.87 Å². The Labute approximate surface area is 92.4 Å². The van der Waals surface area contributed by atoms with Crippen molar-refractivity contribution in [3.05, 3.63) is 0 Å². The number of thioether (sulfide) groups is 1. The molecule has 2 rings (SSSR count). The van der Waals surface area contributed by atoms with Crippen molar-refractivity contribution in [1.82, 2.24) is 5.32 Å². The van der Waals surface area contributed by atoms with Crippen molar-refractivity contribution >= 4 is 11.8 Å². The first-order chi connectivity index (χ1) is 6.81. The summed E-state index contributed by atoms with van der Waals surface area (Å²) in [5.74, 6) is 2.24. The minimum atomic E-state index is 0.479. The van der Waals surface area contributed by atoms with Gasteiger partial charge in [-0.2, -0.15) is 0 Å². The highest BCUT2D eigenvalue weighted by Gasteiger charge is 2.33. The molecule has 1 atom stereocenters. The van der Waals surface area contributed by atoms with Gasteiger partial charge in [0, 0.05) is 0 Å². The van der Waals surface area contributed by atoms with E-state index in [2.05, 4.69) is 24.0 Å². The molecule has 0 radical (unpaired) electrons. The van der Waals surface area contributed by atoms with Crippen LogP contribution in [0.15, 0.2) is 0 Å². The molecular weight excluding hydrogens is 190 g/mol. The fourth-order valence-corrected chi connectivity index (χ4v) is 4.05. The Balaban J connectivity index is 1.91. The predicted molar refractivity (Wildman–Crippen MR) is 64.7 cm³/mol. The molecule has 1 heterocycles. The van der Waals surface area contributed by atoms with Gasteiger partial charge < -0.3 is 5.32 Å². The first kappa shape index (κ1) is 10.8. The Morgan fingerprint density at radius 2 is 1.71 bits per heavy atom. The van der Waals surface area contributed by atoms with E-state index in [1.54, 1.807) is 0 Å². The van der Waals surface area contributed by atoms with Gasteiger partial charge >= 0.3 is 0 Å². The van der Waals surface area contributed by atoms with Crippen LogP contribution in [0, 0.1) is 5.92 Å². The maximum Gasteiger partial charge on any atom is 0.0645 e. The number of hydrogen-bond donors (Lipinski definition) is 1. The summed E-state index contributed by atoms with van der Waals surface area (Å²) in [7, 11) is 0. The molecule has 1 aliphatic carbocycles. The number of rotatable bonds is 0. The van der Waals surface area contributed by atoms with E-state index in [-0.39, 0.29) is 0 Å². The topological polar surface area (TPSA) is 12.0 Å². The molecular formula is C12H23NS. The molecule has 0 bridgehead atoms. The maximum absolute atomic E-state index is 3.81. The van der Waals surface area contributed by atoms with Crippen LogP contribution in [-0.4, -0.2) is 17.2 Å². The normalized spacial score (nSPS) is 33.6. The van der Waals surface area contributed by atoms with Crippen molar-refractivity contribution < 1.29 is 0 Å². The summed E-state index contributed by atoms with van der Waals surface area (Å²) in [6.07, 6.45) is 10.1. The molecule has 0 aromatic heterocycles. The lowest BCUT2D eigenvalue weighted by Gasteiger charge is -2.41. The average Bonchev–Trinajstić information content (AvgIpc) is 2.16. The summed E-state index contributed by atoms with van der Waals surface area (Å²) in [6.45, 7) is 3.60. The van der Waals surface area contributed by atoms with Crippen LogP contribution in [0.2, 0.25) is 0 Å². The highest BCUT2D eigenvalue weighted by Crippen LogP contribution is 2.39. The van der Waals surface area contributed by atoms with Gasteiger partial charge in [0.2, 0.25) is 0 Å². The molecule has 0 aromatic rings.